The first-order valence-electron chi connectivity index (χ1n) is 6.61. The van der Waals surface area contributed by atoms with Gasteiger partial charge >= 0.3 is 0 Å². The zero-order valence-electron chi connectivity index (χ0n) is 12.3. The largest absolute Gasteiger partial charge is 0.309 e. The van der Waals surface area contributed by atoms with Crippen LogP contribution >= 0.6 is 0 Å². The number of aromatic nitrogens is 5. The summed E-state index contributed by atoms with van der Waals surface area (Å²) in [5, 5.41) is 16.0. The Morgan fingerprint density at radius 1 is 1.26 bits per heavy atom. The van der Waals surface area contributed by atoms with Crippen LogP contribution in [0.1, 0.15) is 35.6 Å². The lowest BCUT2D eigenvalue weighted by Gasteiger charge is -2.17. The van der Waals surface area contributed by atoms with Crippen LogP contribution < -0.4 is 5.32 Å². The van der Waals surface area contributed by atoms with Gasteiger partial charge in [0.15, 0.2) is 0 Å². The third-order valence-corrected chi connectivity index (χ3v) is 3.62. The van der Waals surface area contributed by atoms with E-state index in [4.69, 9.17) is 0 Å². The van der Waals surface area contributed by atoms with Gasteiger partial charge in [-0.2, -0.15) is 5.10 Å². The summed E-state index contributed by atoms with van der Waals surface area (Å²) in [6, 6.07) is 0.214. The van der Waals surface area contributed by atoms with Crippen molar-refractivity contribution in [2.75, 3.05) is 6.54 Å². The summed E-state index contributed by atoms with van der Waals surface area (Å²) >= 11 is 0. The van der Waals surface area contributed by atoms with Crippen molar-refractivity contribution in [3.8, 4) is 0 Å². The minimum Gasteiger partial charge on any atom is -0.309 e. The molecule has 0 spiro atoms. The highest BCUT2D eigenvalue weighted by Crippen LogP contribution is 2.21. The van der Waals surface area contributed by atoms with E-state index < -0.39 is 0 Å². The maximum Gasteiger partial charge on any atom is 0.0756 e. The minimum absolute atomic E-state index is 0.214. The number of aryl methyl sites for hydroxylation is 3. The van der Waals surface area contributed by atoms with Crippen molar-refractivity contribution < 1.29 is 0 Å². The van der Waals surface area contributed by atoms with Gasteiger partial charge in [-0.05, 0) is 32.4 Å². The van der Waals surface area contributed by atoms with E-state index >= 15 is 0 Å². The Morgan fingerprint density at radius 3 is 2.47 bits per heavy atom. The third kappa shape index (κ3) is 2.68. The molecular formula is C13H22N6. The molecule has 2 aromatic rings. The normalized spacial score (nSPS) is 12.9. The highest BCUT2D eigenvalue weighted by Gasteiger charge is 2.19. The maximum atomic E-state index is 4.48. The monoisotopic (exact) mass is 262 g/mol. The van der Waals surface area contributed by atoms with E-state index in [0.29, 0.717) is 0 Å². The molecule has 0 radical (unpaired) electrons. The van der Waals surface area contributed by atoms with Crippen molar-refractivity contribution in [3.05, 3.63) is 28.8 Å². The Hall–Kier alpha value is -1.69. The van der Waals surface area contributed by atoms with Crippen molar-refractivity contribution in [3.63, 3.8) is 0 Å². The number of hydrogen-bond donors (Lipinski definition) is 1. The van der Waals surface area contributed by atoms with Crippen LogP contribution in [0, 0.1) is 13.8 Å². The van der Waals surface area contributed by atoms with Crippen LogP contribution in [-0.2, 0) is 20.5 Å². The van der Waals surface area contributed by atoms with E-state index in [-0.39, 0.29) is 6.04 Å². The molecule has 0 saturated carbocycles. The molecule has 0 bridgehead atoms. The fraction of sp³-hybridized carbons (Fsp3) is 0.615. The topological polar surface area (TPSA) is 60.6 Å². The molecule has 1 atom stereocenters. The van der Waals surface area contributed by atoms with Crippen LogP contribution in [0.4, 0.5) is 0 Å². The zero-order valence-corrected chi connectivity index (χ0v) is 12.3. The first kappa shape index (κ1) is 13.7. The second-order valence-electron chi connectivity index (χ2n) is 4.87. The molecule has 0 aliphatic carbocycles. The molecule has 19 heavy (non-hydrogen) atoms. The predicted molar refractivity (Wildman–Crippen MR) is 73.8 cm³/mol. The second-order valence-corrected chi connectivity index (χ2v) is 4.87. The highest BCUT2D eigenvalue weighted by molar-refractivity contribution is 5.26. The van der Waals surface area contributed by atoms with Gasteiger partial charge in [0, 0.05) is 19.8 Å². The van der Waals surface area contributed by atoms with E-state index in [1.807, 2.05) is 29.7 Å². The van der Waals surface area contributed by atoms with Gasteiger partial charge in [-0.1, -0.05) is 12.1 Å². The van der Waals surface area contributed by atoms with E-state index in [1.165, 1.54) is 11.3 Å². The first-order chi connectivity index (χ1) is 9.04. The highest BCUT2D eigenvalue weighted by atomic mass is 15.4. The lowest BCUT2D eigenvalue weighted by atomic mass is 10.0. The lowest BCUT2D eigenvalue weighted by molar-refractivity contribution is 0.504. The molecule has 2 aromatic heterocycles. The molecule has 1 N–H and O–H groups in total. The average molecular weight is 262 g/mol. The Morgan fingerprint density at radius 2 is 2.00 bits per heavy atom. The zero-order chi connectivity index (χ0) is 14.0. The summed E-state index contributed by atoms with van der Waals surface area (Å²) in [7, 11) is 3.91. The summed E-state index contributed by atoms with van der Waals surface area (Å²) in [4.78, 5) is 0. The van der Waals surface area contributed by atoms with Gasteiger partial charge in [0.1, 0.15) is 0 Å². The van der Waals surface area contributed by atoms with E-state index in [9.17, 15) is 0 Å². The van der Waals surface area contributed by atoms with Crippen molar-refractivity contribution in [2.45, 2.75) is 33.2 Å². The van der Waals surface area contributed by atoms with Crippen molar-refractivity contribution in [1.82, 2.24) is 30.1 Å². The standard InChI is InChI=1S/C13H22N6/c1-6-14-12(13-8-15-17-19(13)5)7-11-9(2)16-18(4)10(11)3/h8,12,14H,6-7H2,1-5H3. The third-order valence-electron chi connectivity index (χ3n) is 3.62. The van der Waals surface area contributed by atoms with Crippen LogP contribution in [0.2, 0.25) is 0 Å². The number of nitrogens with one attached hydrogen (secondary N) is 1. The molecule has 0 saturated heterocycles. The van der Waals surface area contributed by atoms with Gasteiger partial charge in [-0.25, -0.2) is 0 Å². The lowest BCUT2D eigenvalue weighted by Crippen LogP contribution is -2.25. The van der Waals surface area contributed by atoms with Crippen molar-refractivity contribution in [1.29, 1.82) is 0 Å². The van der Waals surface area contributed by atoms with Gasteiger partial charge in [-0.15, -0.1) is 5.10 Å². The molecule has 2 rings (SSSR count). The number of hydrogen-bond acceptors (Lipinski definition) is 4. The summed E-state index contributed by atoms with van der Waals surface area (Å²) in [5.41, 5.74) is 4.72. The van der Waals surface area contributed by atoms with Gasteiger partial charge in [-0.3, -0.25) is 9.36 Å². The van der Waals surface area contributed by atoms with Gasteiger partial charge in [0.05, 0.1) is 23.6 Å². The minimum atomic E-state index is 0.214. The van der Waals surface area contributed by atoms with Gasteiger partial charge in [0.2, 0.25) is 0 Å². The smallest absolute Gasteiger partial charge is 0.0756 e. The molecule has 0 fully saturated rings. The van der Waals surface area contributed by atoms with Crippen molar-refractivity contribution >= 4 is 0 Å². The molecule has 6 nitrogen and oxygen atoms in total. The average Bonchev–Trinajstić information content (AvgIpc) is 2.88. The Labute approximate surface area is 113 Å². The van der Waals surface area contributed by atoms with Gasteiger partial charge < -0.3 is 5.32 Å². The van der Waals surface area contributed by atoms with Crippen LogP contribution in [0.5, 0.6) is 0 Å². The first-order valence-corrected chi connectivity index (χ1v) is 6.61. The van der Waals surface area contributed by atoms with Crippen LogP contribution in [0.25, 0.3) is 0 Å². The molecule has 2 heterocycles. The predicted octanol–water partition coefficient (Wildman–Crippen LogP) is 1.06. The molecule has 1 unspecified atom stereocenters. The summed E-state index contributed by atoms with van der Waals surface area (Å²) in [6.45, 7) is 7.20. The van der Waals surface area contributed by atoms with Crippen molar-refractivity contribution in [2.24, 2.45) is 14.1 Å². The summed E-state index contributed by atoms with van der Waals surface area (Å²) < 4.78 is 3.77. The maximum absolute atomic E-state index is 4.48. The molecule has 0 amide bonds. The van der Waals surface area contributed by atoms with Crippen LogP contribution in [-0.4, -0.2) is 31.3 Å². The van der Waals surface area contributed by atoms with E-state index in [2.05, 4.69) is 41.5 Å². The molecular weight excluding hydrogens is 240 g/mol. The summed E-state index contributed by atoms with van der Waals surface area (Å²) in [5.74, 6) is 0. The molecule has 0 aliphatic rings. The Balaban J connectivity index is 2.29. The second kappa shape index (κ2) is 5.52. The number of rotatable bonds is 5. The van der Waals surface area contributed by atoms with Gasteiger partial charge in [0.25, 0.3) is 0 Å². The fourth-order valence-electron chi connectivity index (χ4n) is 2.46. The summed E-state index contributed by atoms with van der Waals surface area (Å²) in [6.07, 6.45) is 2.73. The molecule has 0 aromatic carbocycles. The number of nitrogens with zero attached hydrogens (tertiary/aromatic N) is 5. The quantitative estimate of drug-likeness (QED) is 0.875. The molecule has 0 aliphatic heterocycles. The van der Waals surface area contributed by atoms with Crippen LogP contribution in [0.3, 0.4) is 0 Å². The Bertz CT molecular complexity index is 553. The van der Waals surface area contributed by atoms with E-state index in [1.54, 1.807) is 0 Å². The molecule has 104 valence electrons. The SMILES string of the molecule is CCNC(Cc1c(C)nn(C)c1C)c1cnnn1C. The van der Waals surface area contributed by atoms with E-state index in [0.717, 1.165) is 24.4 Å². The number of likely N-dealkylation sites (N-methyl/N-ethyl adjacent to an activating group) is 1. The Kier molecular flexibility index (Phi) is 3.99. The molecule has 6 heteroatoms. The van der Waals surface area contributed by atoms with Crippen LogP contribution in [0.15, 0.2) is 6.20 Å². The fourth-order valence-corrected chi connectivity index (χ4v) is 2.46.